The number of amides is 1. The molecule has 1 amide bonds. The highest BCUT2D eigenvalue weighted by Crippen LogP contribution is 2.22. The normalized spacial score (nSPS) is 15.6. The topological polar surface area (TPSA) is 41.4 Å². The monoisotopic (exact) mass is 380 g/mol. The molecule has 1 aliphatic heterocycles. The van der Waals surface area contributed by atoms with Crippen LogP contribution >= 0.6 is 23.2 Å². The van der Waals surface area contributed by atoms with Crippen LogP contribution in [0.3, 0.4) is 0 Å². The Kier molecular flexibility index (Phi) is 5.67. The fourth-order valence-corrected chi connectivity index (χ4v) is 3.51. The summed E-state index contributed by atoms with van der Waals surface area (Å²) in [6.07, 6.45) is 0. The molecule has 1 aromatic carbocycles. The Labute approximate surface area is 158 Å². The third-order valence-corrected chi connectivity index (χ3v) is 5.11. The number of aryl methyl sites for hydroxylation is 2. The van der Waals surface area contributed by atoms with Gasteiger partial charge in [0.05, 0.1) is 22.8 Å². The molecule has 0 N–H and O–H groups in total. The van der Waals surface area contributed by atoms with E-state index in [0.717, 1.165) is 31.9 Å². The minimum Gasteiger partial charge on any atom is -0.336 e. The second kappa shape index (κ2) is 7.77. The van der Waals surface area contributed by atoms with E-state index in [9.17, 15) is 4.79 Å². The summed E-state index contributed by atoms with van der Waals surface area (Å²) in [6.45, 7) is 8.97. The zero-order chi connectivity index (χ0) is 18.0. The van der Waals surface area contributed by atoms with Crippen molar-refractivity contribution in [3.63, 3.8) is 0 Å². The van der Waals surface area contributed by atoms with Gasteiger partial charge in [-0.2, -0.15) is 5.10 Å². The summed E-state index contributed by atoms with van der Waals surface area (Å²) < 4.78 is 2.04. The van der Waals surface area contributed by atoms with E-state index >= 15 is 0 Å². The van der Waals surface area contributed by atoms with Crippen molar-refractivity contribution >= 4 is 29.1 Å². The molecule has 7 heteroatoms. The van der Waals surface area contributed by atoms with Gasteiger partial charge in [0.1, 0.15) is 0 Å². The molecule has 0 unspecified atom stereocenters. The van der Waals surface area contributed by atoms with E-state index in [2.05, 4.69) is 23.0 Å². The average Bonchev–Trinajstić information content (AvgIpc) is 2.92. The number of halogens is 2. The molecular weight excluding hydrogens is 359 g/mol. The molecule has 1 aliphatic rings. The maximum Gasteiger partial charge on any atom is 0.255 e. The van der Waals surface area contributed by atoms with Gasteiger partial charge in [0, 0.05) is 43.4 Å². The molecule has 1 saturated heterocycles. The van der Waals surface area contributed by atoms with Gasteiger partial charge in [-0.25, -0.2) is 0 Å². The predicted molar refractivity (Wildman–Crippen MR) is 101 cm³/mol. The Morgan fingerprint density at radius 1 is 1.08 bits per heavy atom. The highest BCUT2D eigenvalue weighted by atomic mass is 35.5. The van der Waals surface area contributed by atoms with Gasteiger partial charge >= 0.3 is 0 Å². The summed E-state index contributed by atoms with van der Waals surface area (Å²) in [6, 6.07) is 7.09. The molecular formula is C18H22Cl2N4O. The van der Waals surface area contributed by atoms with E-state index in [-0.39, 0.29) is 5.91 Å². The molecule has 3 rings (SSSR count). The van der Waals surface area contributed by atoms with Crippen LogP contribution in [0.2, 0.25) is 10.0 Å². The van der Waals surface area contributed by atoms with Crippen molar-refractivity contribution in [3.8, 4) is 0 Å². The van der Waals surface area contributed by atoms with Crippen molar-refractivity contribution in [1.29, 1.82) is 0 Å². The average molecular weight is 381 g/mol. The van der Waals surface area contributed by atoms with Crippen molar-refractivity contribution in [3.05, 3.63) is 51.3 Å². The molecule has 0 aliphatic carbocycles. The highest BCUT2D eigenvalue weighted by molar-refractivity contribution is 6.35. The van der Waals surface area contributed by atoms with Gasteiger partial charge in [-0.15, -0.1) is 0 Å². The van der Waals surface area contributed by atoms with E-state index in [1.807, 2.05) is 16.5 Å². The Morgan fingerprint density at radius 2 is 1.80 bits per heavy atom. The van der Waals surface area contributed by atoms with Crippen molar-refractivity contribution in [2.24, 2.45) is 0 Å². The van der Waals surface area contributed by atoms with Gasteiger partial charge in [-0.1, -0.05) is 23.2 Å². The standard InChI is InChI=1S/C18H22Cl2N4O/c1-13-11-14(2)24(21-13)10-7-22-5-8-23(9-6-22)18(25)16-12-15(19)3-4-17(16)20/h3-4,11-12H,5-10H2,1-2H3. The predicted octanol–water partition coefficient (Wildman–Crippen LogP) is 3.26. The minimum absolute atomic E-state index is 0.0503. The highest BCUT2D eigenvalue weighted by Gasteiger charge is 2.23. The Balaban J connectivity index is 1.54. The molecule has 1 fully saturated rings. The summed E-state index contributed by atoms with van der Waals surface area (Å²) in [5.41, 5.74) is 2.71. The zero-order valence-electron chi connectivity index (χ0n) is 14.5. The number of nitrogens with zero attached hydrogens (tertiary/aromatic N) is 4. The van der Waals surface area contributed by atoms with Gasteiger partial charge in [0.2, 0.25) is 0 Å². The zero-order valence-corrected chi connectivity index (χ0v) is 16.0. The lowest BCUT2D eigenvalue weighted by Crippen LogP contribution is -2.49. The second-order valence-electron chi connectivity index (χ2n) is 6.41. The third kappa shape index (κ3) is 4.35. The number of carbonyl (C=O) groups excluding carboxylic acids is 1. The Hall–Kier alpha value is -1.56. The SMILES string of the molecule is Cc1cc(C)n(CCN2CCN(C(=O)c3cc(Cl)ccc3Cl)CC2)n1. The van der Waals surface area contributed by atoms with Gasteiger partial charge in [-0.05, 0) is 38.1 Å². The lowest BCUT2D eigenvalue weighted by atomic mass is 10.1. The molecule has 134 valence electrons. The second-order valence-corrected chi connectivity index (χ2v) is 7.25. The van der Waals surface area contributed by atoms with Crippen LogP contribution in [0.5, 0.6) is 0 Å². The number of carbonyl (C=O) groups is 1. The van der Waals surface area contributed by atoms with Crippen molar-refractivity contribution in [2.75, 3.05) is 32.7 Å². The summed E-state index contributed by atoms with van der Waals surface area (Å²) in [5.74, 6) is -0.0503. The molecule has 0 atom stereocenters. The van der Waals surface area contributed by atoms with Crippen LogP contribution in [0.25, 0.3) is 0 Å². The molecule has 0 radical (unpaired) electrons. The summed E-state index contributed by atoms with van der Waals surface area (Å²) in [5, 5.41) is 5.46. The maximum atomic E-state index is 12.7. The van der Waals surface area contributed by atoms with Crippen LogP contribution in [0.15, 0.2) is 24.3 Å². The molecule has 0 saturated carbocycles. The first-order valence-corrected chi connectivity index (χ1v) is 9.17. The first-order chi connectivity index (χ1) is 11.9. The van der Waals surface area contributed by atoms with E-state index in [1.54, 1.807) is 18.2 Å². The summed E-state index contributed by atoms with van der Waals surface area (Å²) >= 11 is 12.1. The summed E-state index contributed by atoms with van der Waals surface area (Å²) in [7, 11) is 0. The van der Waals surface area contributed by atoms with E-state index in [4.69, 9.17) is 23.2 Å². The van der Waals surface area contributed by atoms with Gasteiger partial charge in [0.15, 0.2) is 0 Å². The van der Waals surface area contributed by atoms with E-state index in [0.29, 0.717) is 28.7 Å². The first kappa shape index (κ1) is 18.2. The smallest absolute Gasteiger partial charge is 0.255 e. The van der Waals surface area contributed by atoms with Crippen LogP contribution in [-0.2, 0) is 6.54 Å². The summed E-state index contributed by atoms with van der Waals surface area (Å²) in [4.78, 5) is 16.9. The lowest BCUT2D eigenvalue weighted by Gasteiger charge is -2.35. The first-order valence-electron chi connectivity index (χ1n) is 8.42. The Morgan fingerprint density at radius 3 is 2.44 bits per heavy atom. The molecule has 25 heavy (non-hydrogen) atoms. The number of aromatic nitrogens is 2. The fourth-order valence-electron chi connectivity index (χ4n) is 3.14. The van der Waals surface area contributed by atoms with Crippen molar-refractivity contribution in [2.45, 2.75) is 20.4 Å². The van der Waals surface area contributed by atoms with Gasteiger partial charge < -0.3 is 4.90 Å². The molecule has 0 bridgehead atoms. The number of hydrogen-bond acceptors (Lipinski definition) is 3. The van der Waals surface area contributed by atoms with Gasteiger partial charge in [-0.3, -0.25) is 14.4 Å². The molecule has 2 aromatic rings. The van der Waals surface area contributed by atoms with Gasteiger partial charge in [0.25, 0.3) is 5.91 Å². The largest absolute Gasteiger partial charge is 0.336 e. The van der Waals surface area contributed by atoms with Crippen molar-refractivity contribution in [1.82, 2.24) is 19.6 Å². The molecule has 2 heterocycles. The molecule has 0 spiro atoms. The van der Waals surface area contributed by atoms with Crippen LogP contribution in [0.4, 0.5) is 0 Å². The quantitative estimate of drug-likeness (QED) is 0.817. The van der Waals surface area contributed by atoms with Crippen LogP contribution in [0.1, 0.15) is 21.7 Å². The number of piperazine rings is 1. The van der Waals surface area contributed by atoms with Crippen LogP contribution in [-0.4, -0.2) is 58.2 Å². The molecule has 1 aromatic heterocycles. The number of hydrogen-bond donors (Lipinski definition) is 0. The maximum absolute atomic E-state index is 12.7. The molecule has 5 nitrogen and oxygen atoms in total. The van der Waals surface area contributed by atoms with E-state index in [1.165, 1.54) is 5.69 Å². The fraction of sp³-hybridized carbons (Fsp3) is 0.444. The van der Waals surface area contributed by atoms with Crippen molar-refractivity contribution < 1.29 is 4.79 Å². The third-order valence-electron chi connectivity index (χ3n) is 4.55. The number of benzene rings is 1. The van der Waals surface area contributed by atoms with Crippen LogP contribution < -0.4 is 0 Å². The minimum atomic E-state index is -0.0503. The van der Waals surface area contributed by atoms with E-state index < -0.39 is 0 Å². The number of rotatable bonds is 4. The van der Waals surface area contributed by atoms with Crippen LogP contribution in [0, 0.1) is 13.8 Å². The lowest BCUT2D eigenvalue weighted by molar-refractivity contribution is 0.0632. The Bertz CT molecular complexity index is 766.